The Labute approximate surface area is 143 Å². The number of benzene rings is 1. The molecule has 1 N–H and O–H groups in total. The number of hydrogen-bond acceptors (Lipinski definition) is 5. The normalized spacial score (nSPS) is 12.6. The first-order valence-electron chi connectivity index (χ1n) is 7.30. The minimum Gasteiger partial charge on any atom is -0.276 e. The quantitative estimate of drug-likeness (QED) is 0.532. The van der Waals surface area contributed by atoms with Crippen molar-refractivity contribution in [3.8, 4) is 10.6 Å². The molecule has 0 aliphatic rings. The zero-order chi connectivity index (χ0) is 16.1. The van der Waals surface area contributed by atoms with Crippen LogP contribution >= 0.6 is 22.7 Å². The Hall–Kier alpha value is -2.77. The van der Waals surface area contributed by atoms with Crippen molar-refractivity contribution in [2.45, 2.75) is 0 Å². The molecule has 5 nitrogen and oxygen atoms in total. The molecule has 0 radical (unpaired) electrons. The predicted molar refractivity (Wildman–Crippen MR) is 97.5 cm³/mol. The van der Waals surface area contributed by atoms with Gasteiger partial charge in [0.25, 0.3) is 5.56 Å². The molecule has 7 heteroatoms. The van der Waals surface area contributed by atoms with Crippen molar-refractivity contribution in [3.05, 3.63) is 68.4 Å². The third kappa shape index (κ3) is 1.95. The number of thiophene rings is 1. The van der Waals surface area contributed by atoms with Crippen LogP contribution in [0.25, 0.3) is 32.6 Å². The topological polar surface area (TPSA) is 63.0 Å². The molecule has 0 saturated heterocycles. The van der Waals surface area contributed by atoms with Crippen LogP contribution in [0, 0.1) is 0 Å². The highest BCUT2D eigenvalue weighted by Crippen LogP contribution is 2.26. The molecule has 0 spiro atoms. The molecule has 0 aliphatic carbocycles. The van der Waals surface area contributed by atoms with Gasteiger partial charge in [0.1, 0.15) is 0 Å². The summed E-state index contributed by atoms with van der Waals surface area (Å²) in [7, 11) is 0. The first-order chi connectivity index (χ1) is 11.8. The van der Waals surface area contributed by atoms with Crippen LogP contribution in [0.2, 0.25) is 0 Å². The van der Waals surface area contributed by atoms with Crippen molar-refractivity contribution >= 4 is 44.7 Å². The number of H-pyrrole nitrogens is 1. The van der Waals surface area contributed by atoms with Gasteiger partial charge in [-0.3, -0.25) is 9.89 Å². The molecule has 24 heavy (non-hydrogen) atoms. The van der Waals surface area contributed by atoms with Crippen LogP contribution in [-0.2, 0) is 0 Å². The van der Waals surface area contributed by atoms with Crippen LogP contribution in [0.15, 0.2) is 52.8 Å². The molecule has 0 bridgehead atoms. The molecule has 5 aromatic rings. The Kier molecular flexibility index (Phi) is 2.91. The standard InChI is InChI=1S/C17H10N4OS2/c22-16-14(8-10-9-18-20-15(10)13-6-3-7-23-13)24-17-19-11-4-1-2-5-12(11)21(16)17/h1-9H,(H,18,20)/b14-8-. The van der Waals surface area contributed by atoms with E-state index in [0.717, 1.165) is 27.2 Å². The molecule has 0 unspecified atom stereocenters. The second-order valence-electron chi connectivity index (χ2n) is 5.31. The summed E-state index contributed by atoms with van der Waals surface area (Å²) in [6, 6.07) is 11.7. The highest BCUT2D eigenvalue weighted by Gasteiger charge is 2.12. The van der Waals surface area contributed by atoms with Crippen LogP contribution in [0.3, 0.4) is 0 Å². The number of aromatic nitrogens is 4. The smallest absolute Gasteiger partial charge is 0.274 e. The number of nitrogens with zero attached hydrogens (tertiary/aromatic N) is 3. The van der Waals surface area contributed by atoms with Gasteiger partial charge in [-0.25, -0.2) is 9.38 Å². The summed E-state index contributed by atoms with van der Waals surface area (Å²) < 4.78 is 2.33. The van der Waals surface area contributed by atoms with E-state index < -0.39 is 0 Å². The average molecular weight is 350 g/mol. The Morgan fingerprint density at radius 3 is 2.96 bits per heavy atom. The van der Waals surface area contributed by atoms with Gasteiger partial charge in [-0.1, -0.05) is 29.5 Å². The molecule has 0 amide bonds. The summed E-state index contributed by atoms with van der Waals surface area (Å²) in [6.07, 6.45) is 3.63. The van der Waals surface area contributed by atoms with E-state index in [-0.39, 0.29) is 5.56 Å². The van der Waals surface area contributed by atoms with Crippen LogP contribution in [-0.4, -0.2) is 19.6 Å². The second-order valence-corrected chi connectivity index (χ2v) is 7.27. The largest absolute Gasteiger partial charge is 0.276 e. The number of rotatable bonds is 2. The number of fused-ring (bicyclic) bond motifs is 3. The molecule has 1 aromatic carbocycles. The maximum absolute atomic E-state index is 12.8. The number of para-hydroxylation sites is 2. The summed E-state index contributed by atoms with van der Waals surface area (Å²) in [5, 5.41) is 9.16. The molecule has 4 heterocycles. The SMILES string of the molecule is O=c1/c(=C/c2cn[nH]c2-c2cccs2)sc2nc3ccccc3n12. The molecule has 4 aromatic heterocycles. The van der Waals surface area contributed by atoms with Gasteiger partial charge in [0.05, 0.1) is 32.3 Å². The maximum Gasteiger partial charge on any atom is 0.274 e. The Bertz CT molecular complexity index is 1280. The van der Waals surface area contributed by atoms with E-state index in [0.29, 0.717) is 9.49 Å². The number of imidazole rings is 1. The Balaban J connectivity index is 1.76. The van der Waals surface area contributed by atoms with Crippen molar-refractivity contribution < 1.29 is 0 Å². The summed E-state index contributed by atoms with van der Waals surface area (Å²) in [6.45, 7) is 0. The van der Waals surface area contributed by atoms with Crippen LogP contribution in [0.4, 0.5) is 0 Å². The average Bonchev–Trinajstić information content (AvgIpc) is 3.34. The fourth-order valence-electron chi connectivity index (χ4n) is 2.78. The van der Waals surface area contributed by atoms with Gasteiger partial charge in [-0.15, -0.1) is 11.3 Å². The van der Waals surface area contributed by atoms with E-state index in [2.05, 4.69) is 15.2 Å². The molecule has 116 valence electrons. The third-order valence-electron chi connectivity index (χ3n) is 3.87. The number of hydrogen-bond donors (Lipinski definition) is 1. The van der Waals surface area contributed by atoms with Crippen molar-refractivity contribution in [1.29, 1.82) is 0 Å². The van der Waals surface area contributed by atoms with Crippen LogP contribution < -0.4 is 10.1 Å². The number of thiazole rings is 1. The summed E-state index contributed by atoms with van der Waals surface area (Å²) in [4.78, 5) is 19.2. The van der Waals surface area contributed by atoms with E-state index in [9.17, 15) is 4.79 Å². The summed E-state index contributed by atoms with van der Waals surface area (Å²) >= 11 is 3.03. The molecule has 0 saturated carbocycles. The lowest BCUT2D eigenvalue weighted by Crippen LogP contribution is -2.22. The highest BCUT2D eigenvalue weighted by atomic mass is 32.1. The minimum atomic E-state index is -0.0398. The van der Waals surface area contributed by atoms with Crippen LogP contribution in [0.1, 0.15) is 5.56 Å². The van der Waals surface area contributed by atoms with Crippen molar-refractivity contribution in [2.75, 3.05) is 0 Å². The zero-order valence-electron chi connectivity index (χ0n) is 12.3. The van der Waals surface area contributed by atoms with E-state index >= 15 is 0 Å². The zero-order valence-corrected chi connectivity index (χ0v) is 13.9. The summed E-state index contributed by atoms with van der Waals surface area (Å²) in [5.74, 6) is 0. The molecule has 0 aliphatic heterocycles. The van der Waals surface area contributed by atoms with Gasteiger partial charge in [0.2, 0.25) is 0 Å². The second kappa shape index (κ2) is 5.12. The Morgan fingerprint density at radius 1 is 1.17 bits per heavy atom. The van der Waals surface area contributed by atoms with Gasteiger partial charge in [0, 0.05) is 5.56 Å². The van der Waals surface area contributed by atoms with Gasteiger partial charge < -0.3 is 0 Å². The van der Waals surface area contributed by atoms with Crippen molar-refractivity contribution in [1.82, 2.24) is 19.6 Å². The van der Waals surface area contributed by atoms with Crippen LogP contribution in [0.5, 0.6) is 0 Å². The molecular weight excluding hydrogens is 340 g/mol. The molecule has 0 fully saturated rings. The van der Waals surface area contributed by atoms with Crippen molar-refractivity contribution in [3.63, 3.8) is 0 Å². The monoisotopic (exact) mass is 350 g/mol. The Morgan fingerprint density at radius 2 is 2.08 bits per heavy atom. The lowest BCUT2D eigenvalue weighted by Gasteiger charge is -1.93. The fourth-order valence-corrected chi connectivity index (χ4v) is 4.50. The summed E-state index contributed by atoms with van der Waals surface area (Å²) in [5.41, 5.74) is 3.49. The van der Waals surface area contributed by atoms with Gasteiger partial charge in [-0.2, -0.15) is 5.10 Å². The van der Waals surface area contributed by atoms with Crippen molar-refractivity contribution in [2.24, 2.45) is 0 Å². The van der Waals surface area contributed by atoms with Gasteiger partial charge >= 0.3 is 0 Å². The third-order valence-corrected chi connectivity index (χ3v) is 5.72. The first kappa shape index (κ1) is 13.6. The molecule has 0 atom stereocenters. The predicted octanol–water partition coefficient (Wildman–Crippen LogP) is 2.91. The fraction of sp³-hybridized carbons (Fsp3) is 0. The van der Waals surface area contributed by atoms with E-state index in [1.54, 1.807) is 21.9 Å². The molecular formula is C17H10N4OS2. The lowest BCUT2D eigenvalue weighted by molar-refractivity contribution is 1.10. The van der Waals surface area contributed by atoms with E-state index in [1.807, 2.05) is 47.9 Å². The van der Waals surface area contributed by atoms with Gasteiger partial charge in [-0.05, 0) is 29.7 Å². The highest BCUT2D eigenvalue weighted by molar-refractivity contribution is 7.15. The number of aromatic amines is 1. The molecule has 5 rings (SSSR count). The lowest BCUT2D eigenvalue weighted by atomic mass is 10.2. The first-order valence-corrected chi connectivity index (χ1v) is 9.00. The van der Waals surface area contributed by atoms with E-state index in [4.69, 9.17) is 0 Å². The number of nitrogens with one attached hydrogen (secondary N) is 1. The maximum atomic E-state index is 12.8. The van der Waals surface area contributed by atoms with E-state index in [1.165, 1.54) is 11.3 Å². The minimum absolute atomic E-state index is 0.0398. The van der Waals surface area contributed by atoms with Gasteiger partial charge in [0.15, 0.2) is 4.96 Å².